The number of hydrogen-bond donors (Lipinski definition) is 0. The number of fused-ring (bicyclic) bond motifs is 1. The van der Waals surface area contributed by atoms with Crippen LogP contribution in [0.1, 0.15) is 24.5 Å². The Morgan fingerprint density at radius 1 is 1.35 bits per heavy atom. The fourth-order valence-corrected chi connectivity index (χ4v) is 4.30. The molecule has 4 rings (SSSR count). The molecule has 0 aliphatic heterocycles. The maximum absolute atomic E-state index is 12.5. The maximum Gasteiger partial charge on any atom is 0.288 e. The van der Waals surface area contributed by atoms with Crippen LogP contribution in [0.25, 0.3) is 15.3 Å². The van der Waals surface area contributed by atoms with Gasteiger partial charge in [0.1, 0.15) is 4.47 Å². The van der Waals surface area contributed by atoms with E-state index in [1.165, 1.54) is 0 Å². The van der Waals surface area contributed by atoms with E-state index in [4.69, 9.17) is 0 Å². The first-order valence-electron chi connectivity index (χ1n) is 6.50. The zero-order valence-corrected chi connectivity index (χ0v) is 13.2. The summed E-state index contributed by atoms with van der Waals surface area (Å²) in [6, 6.07) is 7.95. The van der Waals surface area contributed by atoms with Gasteiger partial charge in [-0.2, -0.15) is 4.68 Å². The normalized spacial score (nSPS) is 15.1. The molecule has 0 saturated heterocycles. The van der Waals surface area contributed by atoms with E-state index in [0.717, 1.165) is 33.9 Å². The number of halogens is 1. The monoisotopic (exact) mass is 349 g/mol. The molecule has 0 N–H and O–H groups in total. The van der Waals surface area contributed by atoms with Gasteiger partial charge in [-0.05, 0) is 40.9 Å². The van der Waals surface area contributed by atoms with Crippen molar-refractivity contribution in [2.24, 2.45) is 7.05 Å². The standard InChI is InChI=1S/C14H12BrN3OS/c1-17-12(8-6-7-8)11(15)13(19)18(17)14-16-9-4-2-3-5-10(9)20-14/h2-5,8H,6-7H2,1H3. The summed E-state index contributed by atoms with van der Waals surface area (Å²) in [4.78, 5) is 17.1. The maximum atomic E-state index is 12.5. The van der Waals surface area contributed by atoms with E-state index >= 15 is 0 Å². The summed E-state index contributed by atoms with van der Waals surface area (Å²) < 4.78 is 5.39. The molecular weight excluding hydrogens is 338 g/mol. The summed E-state index contributed by atoms with van der Waals surface area (Å²) in [5.74, 6) is 0.512. The van der Waals surface area contributed by atoms with Gasteiger partial charge < -0.3 is 0 Å². The van der Waals surface area contributed by atoms with E-state index in [1.54, 1.807) is 16.0 Å². The third-order valence-corrected chi connectivity index (χ3v) is 5.44. The molecule has 0 amide bonds. The molecule has 4 nitrogen and oxygen atoms in total. The number of para-hydroxylation sites is 1. The van der Waals surface area contributed by atoms with E-state index in [-0.39, 0.29) is 5.56 Å². The Labute approximate surface area is 127 Å². The topological polar surface area (TPSA) is 39.8 Å². The number of nitrogens with zero attached hydrogens (tertiary/aromatic N) is 3. The number of aromatic nitrogens is 3. The third-order valence-electron chi connectivity index (χ3n) is 3.68. The van der Waals surface area contributed by atoms with Crippen LogP contribution in [0.15, 0.2) is 33.5 Å². The second kappa shape index (κ2) is 4.30. The Bertz CT molecular complexity index is 839. The third kappa shape index (κ3) is 1.71. The Balaban J connectivity index is 1.98. The second-order valence-corrected chi connectivity index (χ2v) is 6.88. The molecule has 3 aromatic rings. The number of benzene rings is 1. The Morgan fingerprint density at radius 2 is 2.10 bits per heavy atom. The summed E-state index contributed by atoms with van der Waals surface area (Å²) in [7, 11) is 1.94. The van der Waals surface area contributed by atoms with Crippen molar-refractivity contribution in [3.63, 3.8) is 0 Å². The average Bonchev–Trinajstić information content (AvgIpc) is 3.12. The minimum absolute atomic E-state index is 0.0199. The Kier molecular flexibility index (Phi) is 2.65. The van der Waals surface area contributed by atoms with E-state index in [0.29, 0.717) is 10.4 Å². The molecule has 102 valence electrons. The molecule has 20 heavy (non-hydrogen) atoms. The summed E-state index contributed by atoms with van der Waals surface area (Å²) in [5, 5.41) is 0.728. The molecule has 1 aromatic carbocycles. The van der Waals surface area contributed by atoms with Crippen molar-refractivity contribution < 1.29 is 0 Å². The Hall–Kier alpha value is -1.40. The predicted octanol–water partition coefficient (Wildman–Crippen LogP) is 3.43. The lowest BCUT2D eigenvalue weighted by molar-refractivity contribution is 0.614. The van der Waals surface area contributed by atoms with Crippen molar-refractivity contribution >= 4 is 37.5 Å². The molecule has 2 heterocycles. The summed E-state index contributed by atoms with van der Waals surface area (Å²) in [5.41, 5.74) is 2.01. The zero-order valence-electron chi connectivity index (χ0n) is 10.8. The van der Waals surface area contributed by atoms with Crippen molar-refractivity contribution in [3.8, 4) is 5.13 Å². The van der Waals surface area contributed by atoms with Gasteiger partial charge in [0.05, 0.1) is 15.9 Å². The number of thiazole rings is 1. The molecule has 0 radical (unpaired) electrons. The number of rotatable bonds is 2. The van der Waals surface area contributed by atoms with Gasteiger partial charge in [-0.15, -0.1) is 0 Å². The minimum atomic E-state index is -0.0199. The van der Waals surface area contributed by atoms with Crippen LogP contribution < -0.4 is 5.56 Å². The van der Waals surface area contributed by atoms with Crippen molar-refractivity contribution in [2.75, 3.05) is 0 Å². The molecule has 6 heteroatoms. The predicted molar refractivity (Wildman–Crippen MR) is 83.9 cm³/mol. The van der Waals surface area contributed by atoms with Gasteiger partial charge in [-0.3, -0.25) is 9.48 Å². The number of hydrogen-bond acceptors (Lipinski definition) is 3. The van der Waals surface area contributed by atoms with Crippen LogP contribution in [0.4, 0.5) is 0 Å². The van der Waals surface area contributed by atoms with E-state index in [9.17, 15) is 4.79 Å². The SMILES string of the molecule is Cn1c(C2CC2)c(Br)c(=O)n1-c1nc2ccccc2s1. The molecule has 2 aromatic heterocycles. The molecule has 0 unspecified atom stereocenters. The van der Waals surface area contributed by atoms with Crippen LogP contribution in [0.3, 0.4) is 0 Å². The van der Waals surface area contributed by atoms with Gasteiger partial charge in [0.15, 0.2) is 0 Å². The lowest BCUT2D eigenvalue weighted by atomic mass is 10.3. The first-order chi connectivity index (χ1) is 9.66. The highest BCUT2D eigenvalue weighted by molar-refractivity contribution is 9.10. The minimum Gasteiger partial charge on any atom is -0.282 e. The molecular formula is C14H12BrN3OS. The quantitative estimate of drug-likeness (QED) is 0.711. The highest BCUT2D eigenvalue weighted by Crippen LogP contribution is 2.42. The molecule has 0 atom stereocenters. The summed E-state index contributed by atoms with van der Waals surface area (Å²) in [6.45, 7) is 0. The Morgan fingerprint density at radius 3 is 2.80 bits per heavy atom. The lowest BCUT2D eigenvalue weighted by Crippen LogP contribution is -2.19. The van der Waals surface area contributed by atoms with E-state index in [1.807, 2.05) is 36.0 Å². The fourth-order valence-electron chi connectivity index (χ4n) is 2.55. The van der Waals surface area contributed by atoms with Crippen LogP contribution in [0.2, 0.25) is 0 Å². The highest BCUT2D eigenvalue weighted by Gasteiger charge is 2.32. The van der Waals surface area contributed by atoms with Crippen molar-refractivity contribution in [1.29, 1.82) is 0 Å². The molecule has 1 fully saturated rings. The highest BCUT2D eigenvalue weighted by atomic mass is 79.9. The fraction of sp³-hybridized carbons (Fsp3) is 0.286. The van der Waals surface area contributed by atoms with Gasteiger partial charge in [0, 0.05) is 13.0 Å². The van der Waals surface area contributed by atoms with Crippen molar-refractivity contribution in [2.45, 2.75) is 18.8 Å². The average molecular weight is 350 g/mol. The lowest BCUT2D eigenvalue weighted by Gasteiger charge is -2.05. The summed E-state index contributed by atoms with van der Waals surface area (Å²) in [6.07, 6.45) is 2.32. The molecule has 1 saturated carbocycles. The van der Waals surface area contributed by atoms with Crippen LogP contribution in [0, 0.1) is 0 Å². The largest absolute Gasteiger partial charge is 0.288 e. The second-order valence-electron chi connectivity index (χ2n) is 5.08. The van der Waals surface area contributed by atoms with Gasteiger partial charge in [0.25, 0.3) is 5.56 Å². The summed E-state index contributed by atoms with van der Waals surface area (Å²) >= 11 is 5.00. The van der Waals surface area contributed by atoms with Gasteiger partial charge in [-0.1, -0.05) is 23.5 Å². The van der Waals surface area contributed by atoms with Crippen LogP contribution in [-0.4, -0.2) is 14.3 Å². The van der Waals surface area contributed by atoms with Crippen molar-refractivity contribution in [1.82, 2.24) is 14.3 Å². The smallest absolute Gasteiger partial charge is 0.282 e. The van der Waals surface area contributed by atoms with E-state index in [2.05, 4.69) is 20.9 Å². The molecule has 1 aliphatic rings. The van der Waals surface area contributed by atoms with Gasteiger partial charge in [-0.25, -0.2) is 4.98 Å². The molecule has 0 bridgehead atoms. The van der Waals surface area contributed by atoms with E-state index < -0.39 is 0 Å². The first-order valence-corrected chi connectivity index (χ1v) is 8.11. The molecule has 1 aliphatic carbocycles. The van der Waals surface area contributed by atoms with Crippen LogP contribution in [-0.2, 0) is 7.05 Å². The van der Waals surface area contributed by atoms with Gasteiger partial charge in [0.2, 0.25) is 5.13 Å². The van der Waals surface area contributed by atoms with Gasteiger partial charge >= 0.3 is 0 Å². The molecule has 0 spiro atoms. The van der Waals surface area contributed by atoms with Crippen LogP contribution in [0.5, 0.6) is 0 Å². The first kappa shape index (κ1) is 12.3. The van der Waals surface area contributed by atoms with Crippen molar-refractivity contribution in [3.05, 3.63) is 44.8 Å². The zero-order chi connectivity index (χ0) is 13.9. The van der Waals surface area contributed by atoms with Crippen LogP contribution >= 0.6 is 27.3 Å².